The molecule has 1 fully saturated rings. The normalized spacial score (nSPS) is 16.0. The van der Waals surface area contributed by atoms with E-state index in [-0.39, 0.29) is 28.9 Å². The number of rotatable bonds is 7. The smallest absolute Gasteiger partial charge is 0.249 e. The van der Waals surface area contributed by atoms with E-state index < -0.39 is 25.1 Å². The van der Waals surface area contributed by atoms with E-state index in [4.69, 9.17) is 0 Å². The highest BCUT2D eigenvalue weighted by molar-refractivity contribution is 7.91. The van der Waals surface area contributed by atoms with Crippen LogP contribution >= 0.6 is 0 Å². The van der Waals surface area contributed by atoms with Crippen LogP contribution in [0.4, 0.5) is 0 Å². The summed E-state index contributed by atoms with van der Waals surface area (Å²) < 4.78 is 53.8. The van der Waals surface area contributed by atoms with Crippen molar-refractivity contribution < 1.29 is 21.6 Å². The van der Waals surface area contributed by atoms with Crippen molar-refractivity contribution >= 4 is 25.8 Å². The molecule has 1 saturated heterocycles. The van der Waals surface area contributed by atoms with Crippen molar-refractivity contribution in [1.29, 1.82) is 0 Å². The lowest BCUT2D eigenvalue weighted by Gasteiger charge is -2.31. The number of hydrogen-bond acceptors (Lipinski definition) is 7. The summed E-state index contributed by atoms with van der Waals surface area (Å²) in [5.74, 6) is -0.212. The number of aryl methyl sites for hydroxylation is 2. The highest BCUT2D eigenvalue weighted by atomic mass is 32.2. The van der Waals surface area contributed by atoms with Gasteiger partial charge in [0.05, 0.1) is 10.1 Å². The van der Waals surface area contributed by atoms with Crippen LogP contribution in [0.3, 0.4) is 0 Å². The van der Waals surface area contributed by atoms with Crippen LogP contribution in [-0.4, -0.2) is 67.3 Å². The highest BCUT2D eigenvalue weighted by Crippen LogP contribution is 2.23. The quantitative estimate of drug-likeness (QED) is 0.633. The molecule has 30 heavy (non-hydrogen) atoms. The molecule has 12 heteroatoms. The van der Waals surface area contributed by atoms with Gasteiger partial charge in [-0.15, -0.1) is 10.2 Å². The number of benzene rings is 1. The molecule has 0 bridgehead atoms. The van der Waals surface area contributed by atoms with Crippen molar-refractivity contribution in [1.82, 2.24) is 24.4 Å². The van der Waals surface area contributed by atoms with Crippen LogP contribution in [-0.2, 0) is 31.7 Å². The Balaban J connectivity index is 1.51. The van der Waals surface area contributed by atoms with Gasteiger partial charge in [0, 0.05) is 33.1 Å². The molecule has 0 spiro atoms. The van der Waals surface area contributed by atoms with E-state index in [0.29, 0.717) is 25.9 Å². The molecule has 3 rings (SSSR count). The largest absolute Gasteiger partial charge is 0.343 e. The minimum absolute atomic E-state index is 0.00570. The third-order valence-corrected chi connectivity index (χ3v) is 8.78. The van der Waals surface area contributed by atoms with Gasteiger partial charge in [0.1, 0.15) is 6.33 Å². The van der Waals surface area contributed by atoms with Gasteiger partial charge in [-0.3, -0.25) is 4.79 Å². The number of amides is 1. The number of aromatic nitrogens is 3. The number of likely N-dealkylation sites (tertiary alicyclic amines) is 1. The number of sulfonamides is 1. The molecule has 1 aromatic carbocycles. The molecule has 1 amide bonds. The monoisotopic (exact) mass is 455 g/mol. The van der Waals surface area contributed by atoms with Gasteiger partial charge in [-0.05, 0) is 37.5 Å². The van der Waals surface area contributed by atoms with Crippen LogP contribution in [0.15, 0.2) is 40.6 Å². The van der Waals surface area contributed by atoms with E-state index in [9.17, 15) is 21.6 Å². The summed E-state index contributed by atoms with van der Waals surface area (Å²) in [6.45, 7) is 2.37. The molecule has 2 heterocycles. The maximum atomic E-state index is 12.7. The molecule has 1 aliphatic heterocycles. The third-order valence-electron chi connectivity index (χ3n) is 5.09. The van der Waals surface area contributed by atoms with Gasteiger partial charge < -0.3 is 9.47 Å². The number of carbonyl (C=O) groups excluding carboxylic acids is 1. The number of sulfone groups is 1. The lowest BCUT2D eigenvalue weighted by Crippen LogP contribution is -2.43. The second-order valence-electron chi connectivity index (χ2n) is 7.31. The van der Waals surface area contributed by atoms with Crippen molar-refractivity contribution in [2.75, 3.05) is 19.6 Å². The first-order valence-electron chi connectivity index (χ1n) is 9.53. The number of carbonyl (C=O) groups is 1. The molecule has 10 nitrogen and oxygen atoms in total. The Morgan fingerprint density at radius 2 is 1.90 bits per heavy atom. The van der Waals surface area contributed by atoms with Gasteiger partial charge in [0.15, 0.2) is 0 Å². The van der Waals surface area contributed by atoms with E-state index in [0.717, 1.165) is 5.56 Å². The second kappa shape index (κ2) is 8.82. The van der Waals surface area contributed by atoms with E-state index in [2.05, 4.69) is 14.9 Å². The van der Waals surface area contributed by atoms with E-state index >= 15 is 0 Å². The Labute approximate surface area is 176 Å². The molecule has 0 saturated carbocycles. The van der Waals surface area contributed by atoms with Crippen molar-refractivity contribution in [3.8, 4) is 0 Å². The summed E-state index contributed by atoms with van der Waals surface area (Å²) in [5, 5.41) is 6.62. The molecule has 0 unspecified atom stereocenters. The van der Waals surface area contributed by atoms with Gasteiger partial charge in [-0.1, -0.05) is 12.1 Å². The average molecular weight is 456 g/mol. The van der Waals surface area contributed by atoms with Crippen LogP contribution in [0, 0.1) is 6.92 Å². The molecule has 1 aromatic heterocycles. The first-order chi connectivity index (χ1) is 14.1. The van der Waals surface area contributed by atoms with Crippen LogP contribution in [0.1, 0.15) is 24.8 Å². The van der Waals surface area contributed by atoms with Crippen molar-refractivity contribution in [3.63, 3.8) is 0 Å². The van der Waals surface area contributed by atoms with Crippen molar-refractivity contribution in [2.45, 2.75) is 41.5 Å². The first-order valence-corrected chi connectivity index (χ1v) is 12.6. The van der Waals surface area contributed by atoms with Gasteiger partial charge in [-0.2, -0.15) is 0 Å². The Hall–Kier alpha value is -2.31. The van der Waals surface area contributed by atoms with E-state index in [1.807, 2.05) is 0 Å². The summed E-state index contributed by atoms with van der Waals surface area (Å²) >= 11 is 0. The molecule has 1 aliphatic rings. The van der Waals surface area contributed by atoms with Crippen LogP contribution in [0.2, 0.25) is 0 Å². The minimum atomic E-state index is -3.68. The minimum Gasteiger partial charge on any atom is -0.343 e. The lowest BCUT2D eigenvalue weighted by atomic mass is 10.1. The van der Waals surface area contributed by atoms with E-state index in [1.54, 1.807) is 37.1 Å². The fourth-order valence-electron chi connectivity index (χ4n) is 3.41. The number of hydrogen-bond donors (Lipinski definition) is 1. The zero-order valence-electron chi connectivity index (χ0n) is 16.9. The zero-order chi connectivity index (χ0) is 21.9. The maximum Gasteiger partial charge on any atom is 0.249 e. The Morgan fingerprint density at radius 3 is 2.50 bits per heavy atom. The summed E-state index contributed by atoms with van der Waals surface area (Å²) in [6.07, 6.45) is 1.95. The second-order valence-corrected chi connectivity index (χ2v) is 11.2. The Bertz CT molecular complexity index is 1120. The first kappa shape index (κ1) is 22.4. The summed E-state index contributed by atoms with van der Waals surface area (Å²) in [6, 6.07) is 6.52. The Morgan fingerprint density at radius 1 is 1.20 bits per heavy atom. The molecule has 164 valence electrons. The average Bonchev–Trinajstić information content (AvgIpc) is 3.14. The van der Waals surface area contributed by atoms with Gasteiger partial charge in [-0.25, -0.2) is 21.6 Å². The number of piperidine rings is 1. The van der Waals surface area contributed by atoms with Gasteiger partial charge in [0.2, 0.25) is 30.9 Å². The molecule has 0 atom stereocenters. The van der Waals surface area contributed by atoms with Gasteiger partial charge >= 0.3 is 0 Å². The maximum absolute atomic E-state index is 12.7. The van der Waals surface area contributed by atoms with E-state index in [1.165, 1.54) is 17.0 Å². The SMILES string of the molecule is Cc1cccc(S(=O)(=O)NCCC(=O)N2CCC(S(=O)(=O)c3nncn3C)CC2)c1. The Kier molecular flexibility index (Phi) is 6.58. The van der Waals surface area contributed by atoms with Crippen LogP contribution < -0.4 is 4.72 Å². The summed E-state index contributed by atoms with van der Waals surface area (Å²) in [7, 11) is -5.72. The molecule has 0 radical (unpaired) electrons. The van der Waals surface area contributed by atoms with Crippen molar-refractivity contribution in [3.05, 3.63) is 36.2 Å². The topological polar surface area (TPSA) is 131 Å². The fourth-order valence-corrected chi connectivity index (χ4v) is 6.29. The molecular formula is C18H25N5O5S2. The fraction of sp³-hybridized carbons (Fsp3) is 0.500. The number of nitrogens with one attached hydrogen (secondary N) is 1. The summed E-state index contributed by atoms with van der Waals surface area (Å²) in [4.78, 5) is 14.2. The predicted octanol–water partition coefficient (Wildman–Crippen LogP) is 0.257. The molecule has 2 aromatic rings. The van der Waals surface area contributed by atoms with Gasteiger partial charge in [0.25, 0.3) is 0 Å². The highest BCUT2D eigenvalue weighted by Gasteiger charge is 2.35. The standard InChI is InChI=1S/C18H25N5O5S2/c1-14-4-3-5-16(12-14)30(27,28)20-9-6-17(24)23-10-7-15(8-11-23)29(25,26)18-21-19-13-22(18)2/h3-5,12-13,15,20H,6-11H2,1-2H3. The lowest BCUT2D eigenvalue weighted by molar-refractivity contribution is -0.131. The van der Waals surface area contributed by atoms with Crippen LogP contribution in [0.5, 0.6) is 0 Å². The third kappa shape index (κ3) is 4.87. The summed E-state index contributed by atoms with van der Waals surface area (Å²) in [5.41, 5.74) is 0.827. The molecular weight excluding hydrogens is 430 g/mol. The zero-order valence-corrected chi connectivity index (χ0v) is 18.5. The van der Waals surface area contributed by atoms with Crippen LogP contribution in [0.25, 0.3) is 0 Å². The molecule has 1 N–H and O–H groups in total. The predicted molar refractivity (Wildman–Crippen MR) is 109 cm³/mol. The number of nitrogens with zero attached hydrogens (tertiary/aromatic N) is 4. The molecule has 0 aliphatic carbocycles. The van der Waals surface area contributed by atoms with Crippen molar-refractivity contribution in [2.24, 2.45) is 7.05 Å².